The number of likely N-dealkylation sites (tertiary alicyclic amines) is 1. The quantitative estimate of drug-likeness (QED) is 0.784. The number of aldehydes is 1. The SMILES string of the molecule is CN1CCC(O)C1.O=Cc1coc(COc2ccc(Cl)c(C(F)(F)F)c2)n1. The molecule has 0 bridgehead atoms. The van der Waals surface area contributed by atoms with Crippen molar-refractivity contribution in [2.75, 3.05) is 20.1 Å². The number of hydrogen-bond acceptors (Lipinski definition) is 6. The van der Waals surface area contributed by atoms with Crippen molar-refractivity contribution in [2.45, 2.75) is 25.3 Å². The molecule has 6 nitrogen and oxygen atoms in total. The second-order valence-corrected chi connectivity index (χ2v) is 6.32. The number of nitrogens with zero attached hydrogens (tertiary/aromatic N) is 2. The molecule has 2 aromatic rings. The van der Waals surface area contributed by atoms with Gasteiger partial charge in [-0.1, -0.05) is 11.6 Å². The molecular weight excluding hydrogens is 389 g/mol. The van der Waals surface area contributed by atoms with E-state index in [1.165, 1.54) is 6.07 Å². The second-order valence-electron chi connectivity index (χ2n) is 5.92. The van der Waals surface area contributed by atoms with E-state index in [-0.39, 0.29) is 30.0 Å². The summed E-state index contributed by atoms with van der Waals surface area (Å²) in [6.07, 6.45) is -2.06. The first-order valence-electron chi connectivity index (χ1n) is 7.94. The summed E-state index contributed by atoms with van der Waals surface area (Å²) >= 11 is 5.47. The maximum atomic E-state index is 12.6. The van der Waals surface area contributed by atoms with Gasteiger partial charge in [0.05, 0.1) is 16.7 Å². The van der Waals surface area contributed by atoms with Crippen molar-refractivity contribution in [1.82, 2.24) is 9.88 Å². The van der Waals surface area contributed by atoms with E-state index < -0.39 is 16.8 Å². The normalized spacial score (nSPS) is 17.3. The lowest BCUT2D eigenvalue weighted by atomic mass is 10.2. The first-order chi connectivity index (χ1) is 12.7. The Bertz CT molecular complexity index is 759. The van der Waals surface area contributed by atoms with E-state index in [2.05, 4.69) is 9.88 Å². The summed E-state index contributed by atoms with van der Waals surface area (Å²) in [5, 5.41) is 8.45. The summed E-state index contributed by atoms with van der Waals surface area (Å²) < 4.78 is 47.9. The molecular formula is C17H18ClF3N2O4. The Hall–Kier alpha value is -2.10. The molecule has 1 aliphatic heterocycles. The molecule has 0 spiro atoms. The summed E-state index contributed by atoms with van der Waals surface area (Å²) in [5.74, 6) is 0.0446. The molecule has 1 saturated heterocycles. The van der Waals surface area contributed by atoms with Crippen molar-refractivity contribution < 1.29 is 32.2 Å². The van der Waals surface area contributed by atoms with Gasteiger partial charge in [0.25, 0.3) is 0 Å². The molecule has 0 saturated carbocycles. The van der Waals surface area contributed by atoms with Crippen LogP contribution in [-0.4, -0.2) is 47.5 Å². The van der Waals surface area contributed by atoms with Crippen molar-refractivity contribution in [3.05, 3.63) is 46.6 Å². The number of aromatic nitrogens is 1. The smallest absolute Gasteiger partial charge is 0.417 e. The predicted octanol–water partition coefficient (Wildman–Crippen LogP) is 3.42. The maximum Gasteiger partial charge on any atom is 0.417 e. The molecule has 1 aliphatic rings. The molecule has 1 aromatic heterocycles. The van der Waals surface area contributed by atoms with Crippen LogP contribution in [0.1, 0.15) is 28.4 Å². The number of aliphatic hydroxyl groups is 1. The highest BCUT2D eigenvalue weighted by atomic mass is 35.5. The number of rotatable bonds is 4. The number of carbonyl (C=O) groups excluding carboxylic acids is 1. The standard InChI is InChI=1S/C12H7ClF3NO3.C5H11NO/c13-10-2-1-8(3-9(10)12(14,15)16)19-6-11-17-7(4-18)5-20-11;1-6-3-2-5(7)4-6/h1-5H,6H2;5,7H,2-4H2,1H3. The van der Waals surface area contributed by atoms with Crippen LogP contribution in [0.4, 0.5) is 13.2 Å². The van der Waals surface area contributed by atoms with E-state index in [9.17, 15) is 18.0 Å². The van der Waals surface area contributed by atoms with Crippen molar-refractivity contribution in [2.24, 2.45) is 0 Å². The molecule has 0 radical (unpaired) electrons. The van der Waals surface area contributed by atoms with E-state index in [0.29, 0.717) is 6.29 Å². The van der Waals surface area contributed by atoms with Gasteiger partial charge in [-0.2, -0.15) is 13.2 Å². The van der Waals surface area contributed by atoms with Gasteiger partial charge < -0.3 is 19.2 Å². The topological polar surface area (TPSA) is 75.8 Å². The van der Waals surface area contributed by atoms with Gasteiger partial charge in [0.1, 0.15) is 17.7 Å². The number of carbonyl (C=O) groups is 1. The highest BCUT2D eigenvalue weighted by molar-refractivity contribution is 6.31. The molecule has 1 N–H and O–H groups in total. The Morgan fingerprint density at radius 2 is 2.22 bits per heavy atom. The number of likely N-dealkylation sites (N-methyl/N-ethyl adjacent to an activating group) is 1. The molecule has 2 heterocycles. The van der Waals surface area contributed by atoms with Crippen LogP contribution in [0, 0.1) is 0 Å². The Balaban J connectivity index is 0.000000313. The fourth-order valence-corrected chi connectivity index (χ4v) is 2.54. The highest BCUT2D eigenvalue weighted by Gasteiger charge is 2.33. The average molecular weight is 407 g/mol. The summed E-state index contributed by atoms with van der Waals surface area (Å²) in [6, 6.07) is 3.17. The fraction of sp³-hybridized carbons (Fsp3) is 0.412. The van der Waals surface area contributed by atoms with Gasteiger partial charge in [0.2, 0.25) is 5.89 Å². The second kappa shape index (κ2) is 9.20. The summed E-state index contributed by atoms with van der Waals surface area (Å²) in [5.41, 5.74) is -0.909. The summed E-state index contributed by atoms with van der Waals surface area (Å²) in [7, 11) is 2.02. The Kier molecular flexibility index (Phi) is 7.23. The molecule has 1 fully saturated rings. The van der Waals surface area contributed by atoms with Gasteiger partial charge in [-0.05, 0) is 31.7 Å². The lowest BCUT2D eigenvalue weighted by molar-refractivity contribution is -0.137. The van der Waals surface area contributed by atoms with Crippen LogP contribution in [-0.2, 0) is 12.8 Å². The van der Waals surface area contributed by atoms with Crippen LogP contribution in [0.3, 0.4) is 0 Å². The van der Waals surface area contributed by atoms with E-state index in [1.807, 2.05) is 7.05 Å². The number of β-amino-alcohol motifs (C(OH)–C–C–N with tert-alkyl or cyclic N) is 1. The molecule has 0 aliphatic carbocycles. The third kappa shape index (κ3) is 6.53. The van der Waals surface area contributed by atoms with Gasteiger partial charge in [0.15, 0.2) is 12.9 Å². The fourth-order valence-electron chi connectivity index (χ4n) is 2.31. The Labute approximate surface area is 158 Å². The molecule has 1 unspecified atom stereocenters. The minimum Gasteiger partial charge on any atom is -0.484 e. The van der Waals surface area contributed by atoms with Crippen LogP contribution in [0.25, 0.3) is 0 Å². The largest absolute Gasteiger partial charge is 0.484 e. The summed E-state index contributed by atoms with van der Waals surface area (Å²) in [4.78, 5) is 16.2. The molecule has 148 valence electrons. The van der Waals surface area contributed by atoms with E-state index >= 15 is 0 Å². The van der Waals surface area contributed by atoms with Crippen LogP contribution >= 0.6 is 11.6 Å². The molecule has 1 aromatic carbocycles. The van der Waals surface area contributed by atoms with Crippen molar-refractivity contribution in [1.29, 1.82) is 0 Å². The summed E-state index contributed by atoms with van der Waals surface area (Å²) in [6.45, 7) is 1.72. The molecule has 10 heteroatoms. The number of ether oxygens (including phenoxy) is 1. The maximum absolute atomic E-state index is 12.6. The number of halogens is 4. The van der Waals surface area contributed by atoms with Crippen molar-refractivity contribution in [3.8, 4) is 5.75 Å². The highest BCUT2D eigenvalue weighted by Crippen LogP contribution is 2.36. The van der Waals surface area contributed by atoms with Crippen LogP contribution in [0.2, 0.25) is 5.02 Å². The van der Waals surface area contributed by atoms with Crippen molar-refractivity contribution >= 4 is 17.9 Å². The Morgan fingerprint density at radius 3 is 2.70 bits per heavy atom. The number of oxazole rings is 1. The number of aliphatic hydroxyl groups excluding tert-OH is 1. The third-order valence-electron chi connectivity index (χ3n) is 3.66. The van der Waals surface area contributed by atoms with Crippen LogP contribution in [0.5, 0.6) is 5.75 Å². The van der Waals surface area contributed by atoms with Crippen LogP contribution in [0.15, 0.2) is 28.9 Å². The first kappa shape index (κ1) is 21.2. The number of hydrogen-bond donors (Lipinski definition) is 1. The average Bonchev–Trinajstić information content (AvgIpc) is 3.22. The van der Waals surface area contributed by atoms with Gasteiger partial charge >= 0.3 is 6.18 Å². The van der Waals surface area contributed by atoms with Gasteiger partial charge in [-0.15, -0.1) is 0 Å². The van der Waals surface area contributed by atoms with E-state index in [4.69, 9.17) is 25.9 Å². The van der Waals surface area contributed by atoms with Gasteiger partial charge in [-0.25, -0.2) is 4.98 Å². The first-order valence-corrected chi connectivity index (χ1v) is 8.32. The molecule has 0 amide bonds. The zero-order chi connectivity index (χ0) is 20.0. The molecule has 3 rings (SSSR count). The Morgan fingerprint density at radius 1 is 1.48 bits per heavy atom. The van der Waals surface area contributed by atoms with Gasteiger partial charge in [0, 0.05) is 13.1 Å². The lowest BCUT2D eigenvalue weighted by Crippen LogP contribution is -2.15. The monoisotopic (exact) mass is 406 g/mol. The minimum atomic E-state index is -4.57. The predicted molar refractivity (Wildman–Crippen MR) is 90.8 cm³/mol. The number of alkyl halides is 3. The minimum absolute atomic E-state index is 0.0346. The number of benzene rings is 1. The molecule has 1 atom stereocenters. The lowest BCUT2D eigenvalue weighted by Gasteiger charge is -2.11. The van der Waals surface area contributed by atoms with E-state index in [0.717, 1.165) is 37.9 Å². The van der Waals surface area contributed by atoms with Gasteiger partial charge in [-0.3, -0.25) is 4.79 Å². The molecule has 27 heavy (non-hydrogen) atoms. The van der Waals surface area contributed by atoms with E-state index in [1.54, 1.807) is 0 Å². The zero-order valence-corrected chi connectivity index (χ0v) is 15.1. The zero-order valence-electron chi connectivity index (χ0n) is 14.4. The van der Waals surface area contributed by atoms with Crippen LogP contribution < -0.4 is 4.74 Å². The van der Waals surface area contributed by atoms with Crippen molar-refractivity contribution in [3.63, 3.8) is 0 Å². The third-order valence-corrected chi connectivity index (χ3v) is 3.99.